The van der Waals surface area contributed by atoms with E-state index in [0.29, 0.717) is 12.5 Å². The third-order valence-corrected chi connectivity index (χ3v) is 3.59. The van der Waals surface area contributed by atoms with Gasteiger partial charge in [-0.2, -0.15) is 0 Å². The maximum absolute atomic E-state index is 12.1. The molecule has 2 nitrogen and oxygen atoms in total. The molecule has 0 aliphatic rings. The summed E-state index contributed by atoms with van der Waals surface area (Å²) in [7, 11) is 0. The van der Waals surface area contributed by atoms with E-state index in [1.54, 1.807) is 0 Å². The van der Waals surface area contributed by atoms with Gasteiger partial charge in [0.1, 0.15) is 0 Å². The fraction of sp³-hybridized carbons (Fsp3) is 0.278. The van der Waals surface area contributed by atoms with Gasteiger partial charge in [-0.15, -0.1) is 0 Å². The van der Waals surface area contributed by atoms with Gasteiger partial charge < -0.3 is 5.32 Å². The topological polar surface area (TPSA) is 29.1 Å². The van der Waals surface area contributed by atoms with Crippen LogP contribution in [0.5, 0.6) is 0 Å². The summed E-state index contributed by atoms with van der Waals surface area (Å²) in [4.78, 5) is 12.1. The first-order valence-electron chi connectivity index (χ1n) is 7.10. The number of hydrogen-bond acceptors (Lipinski definition) is 1. The van der Waals surface area contributed by atoms with Crippen molar-refractivity contribution in [3.63, 3.8) is 0 Å². The summed E-state index contributed by atoms with van der Waals surface area (Å²) in [5.74, 6) is 0.366. The number of benzene rings is 2. The molecule has 1 N–H and O–H groups in total. The third kappa shape index (κ3) is 3.70. The van der Waals surface area contributed by atoms with Crippen LogP contribution in [0.1, 0.15) is 40.7 Å². The van der Waals surface area contributed by atoms with Crippen molar-refractivity contribution in [2.24, 2.45) is 0 Å². The third-order valence-electron chi connectivity index (χ3n) is 3.59. The first-order chi connectivity index (χ1) is 9.70. The minimum Gasteiger partial charge on any atom is -0.351 e. The Labute approximate surface area is 120 Å². The van der Waals surface area contributed by atoms with Crippen molar-refractivity contribution >= 4 is 5.91 Å². The van der Waals surface area contributed by atoms with Crippen molar-refractivity contribution in [2.45, 2.75) is 26.2 Å². The van der Waals surface area contributed by atoms with Gasteiger partial charge in [-0.25, -0.2) is 0 Å². The summed E-state index contributed by atoms with van der Waals surface area (Å²) in [5, 5.41) is 3.03. The van der Waals surface area contributed by atoms with Crippen molar-refractivity contribution in [2.75, 3.05) is 6.54 Å². The average molecular weight is 267 g/mol. The van der Waals surface area contributed by atoms with Gasteiger partial charge in [0, 0.05) is 18.0 Å². The van der Waals surface area contributed by atoms with Gasteiger partial charge in [0.15, 0.2) is 0 Å². The van der Waals surface area contributed by atoms with Crippen LogP contribution in [0.4, 0.5) is 0 Å². The quantitative estimate of drug-likeness (QED) is 0.874. The van der Waals surface area contributed by atoms with Crippen LogP contribution < -0.4 is 5.32 Å². The molecule has 0 saturated carbocycles. The van der Waals surface area contributed by atoms with E-state index in [2.05, 4.69) is 24.4 Å². The molecule has 2 heteroatoms. The van der Waals surface area contributed by atoms with E-state index < -0.39 is 0 Å². The van der Waals surface area contributed by atoms with E-state index in [4.69, 9.17) is 0 Å². The number of rotatable bonds is 5. The molecule has 2 aromatic carbocycles. The highest BCUT2D eigenvalue weighted by Gasteiger charge is 2.11. The summed E-state index contributed by atoms with van der Waals surface area (Å²) >= 11 is 0. The Morgan fingerprint density at radius 1 is 1.05 bits per heavy atom. The lowest BCUT2D eigenvalue weighted by Gasteiger charge is -2.16. The summed E-state index contributed by atoms with van der Waals surface area (Å²) in [6.45, 7) is 4.84. The van der Waals surface area contributed by atoms with Crippen molar-refractivity contribution < 1.29 is 4.79 Å². The number of nitrogens with one attached hydrogen (secondary N) is 1. The summed E-state index contributed by atoms with van der Waals surface area (Å²) in [6, 6.07) is 18.0. The molecule has 0 heterocycles. The molecule has 2 aromatic rings. The smallest absolute Gasteiger partial charge is 0.251 e. The number of hydrogen-bond donors (Lipinski definition) is 1. The van der Waals surface area contributed by atoms with Gasteiger partial charge in [-0.05, 0) is 31.0 Å². The van der Waals surface area contributed by atoms with Crippen LogP contribution in [0.15, 0.2) is 54.6 Å². The number of amides is 1. The molecule has 0 unspecified atom stereocenters. The molecular weight excluding hydrogens is 246 g/mol. The second-order valence-electron chi connectivity index (χ2n) is 5.09. The van der Waals surface area contributed by atoms with E-state index >= 15 is 0 Å². The Kier molecular flexibility index (Phi) is 4.94. The highest BCUT2D eigenvalue weighted by atomic mass is 16.1. The van der Waals surface area contributed by atoms with Crippen LogP contribution >= 0.6 is 0 Å². The van der Waals surface area contributed by atoms with Crippen molar-refractivity contribution in [1.29, 1.82) is 0 Å². The van der Waals surface area contributed by atoms with Crippen LogP contribution in [0, 0.1) is 6.92 Å². The van der Waals surface area contributed by atoms with Crippen molar-refractivity contribution in [3.05, 3.63) is 71.3 Å². The molecule has 0 saturated heterocycles. The number of carbonyl (C=O) groups excluding carboxylic acids is 1. The van der Waals surface area contributed by atoms with E-state index in [0.717, 1.165) is 17.5 Å². The predicted octanol–water partition coefficient (Wildman–Crippen LogP) is 3.92. The standard InChI is InChI=1S/C18H21NO/c1-3-15(16-7-5-4-6-8-16)13-19-18(20)17-11-9-14(2)10-12-17/h4-12,15H,3,13H2,1-2H3,(H,19,20)/t15-/m0/s1. The van der Waals surface area contributed by atoms with Crippen LogP contribution in [0.3, 0.4) is 0 Å². The van der Waals surface area contributed by atoms with E-state index in [1.807, 2.05) is 49.4 Å². The zero-order valence-electron chi connectivity index (χ0n) is 12.1. The van der Waals surface area contributed by atoms with Crippen molar-refractivity contribution in [3.8, 4) is 0 Å². The average Bonchev–Trinajstić information content (AvgIpc) is 2.49. The molecule has 20 heavy (non-hydrogen) atoms. The maximum Gasteiger partial charge on any atom is 0.251 e. The summed E-state index contributed by atoms with van der Waals surface area (Å²) in [6.07, 6.45) is 1.01. The number of aryl methyl sites for hydroxylation is 1. The fourth-order valence-electron chi connectivity index (χ4n) is 2.25. The molecule has 1 amide bonds. The van der Waals surface area contributed by atoms with E-state index in [1.165, 1.54) is 5.56 Å². The van der Waals surface area contributed by atoms with Crippen LogP contribution in [0.2, 0.25) is 0 Å². The lowest BCUT2D eigenvalue weighted by Crippen LogP contribution is -2.28. The normalized spacial score (nSPS) is 11.9. The Bertz CT molecular complexity index is 545. The maximum atomic E-state index is 12.1. The summed E-state index contributed by atoms with van der Waals surface area (Å²) in [5.41, 5.74) is 3.16. The Hall–Kier alpha value is -2.09. The monoisotopic (exact) mass is 267 g/mol. The van der Waals surface area contributed by atoms with Gasteiger partial charge >= 0.3 is 0 Å². The largest absolute Gasteiger partial charge is 0.351 e. The highest BCUT2D eigenvalue weighted by Crippen LogP contribution is 2.18. The molecular formula is C18H21NO. The van der Waals surface area contributed by atoms with Crippen LogP contribution in [-0.2, 0) is 0 Å². The second-order valence-corrected chi connectivity index (χ2v) is 5.09. The van der Waals surface area contributed by atoms with Gasteiger partial charge in [-0.3, -0.25) is 4.79 Å². The highest BCUT2D eigenvalue weighted by molar-refractivity contribution is 5.94. The Balaban J connectivity index is 1.96. The van der Waals surface area contributed by atoms with Gasteiger partial charge in [0.25, 0.3) is 5.91 Å². The molecule has 0 aromatic heterocycles. The zero-order chi connectivity index (χ0) is 14.4. The molecule has 0 fully saturated rings. The summed E-state index contributed by atoms with van der Waals surface area (Å²) < 4.78 is 0. The Morgan fingerprint density at radius 3 is 2.30 bits per heavy atom. The molecule has 104 valence electrons. The predicted molar refractivity (Wildman–Crippen MR) is 83.0 cm³/mol. The Morgan fingerprint density at radius 2 is 1.70 bits per heavy atom. The minimum absolute atomic E-state index is 0.000573. The number of carbonyl (C=O) groups is 1. The lowest BCUT2D eigenvalue weighted by molar-refractivity contribution is 0.0951. The molecule has 0 aliphatic heterocycles. The van der Waals surface area contributed by atoms with E-state index in [9.17, 15) is 4.79 Å². The van der Waals surface area contributed by atoms with Gasteiger partial charge in [-0.1, -0.05) is 55.0 Å². The van der Waals surface area contributed by atoms with E-state index in [-0.39, 0.29) is 5.91 Å². The molecule has 0 aliphatic carbocycles. The first kappa shape index (κ1) is 14.3. The molecule has 0 spiro atoms. The van der Waals surface area contributed by atoms with Crippen molar-refractivity contribution in [1.82, 2.24) is 5.32 Å². The molecule has 0 bridgehead atoms. The second kappa shape index (κ2) is 6.90. The molecule has 0 radical (unpaired) electrons. The minimum atomic E-state index is -0.000573. The lowest BCUT2D eigenvalue weighted by atomic mass is 9.96. The van der Waals surface area contributed by atoms with Gasteiger partial charge in [0.05, 0.1) is 0 Å². The van der Waals surface area contributed by atoms with Crippen LogP contribution in [0.25, 0.3) is 0 Å². The molecule has 2 rings (SSSR count). The zero-order valence-corrected chi connectivity index (χ0v) is 12.1. The fourth-order valence-corrected chi connectivity index (χ4v) is 2.25. The SMILES string of the molecule is CC[C@@H](CNC(=O)c1ccc(C)cc1)c1ccccc1. The van der Waals surface area contributed by atoms with Gasteiger partial charge in [0.2, 0.25) is 0 Å². The molecule has 1 atom stereocenters. The van der Waals surface area contributed by atoms with Crippen LogP contribution in [-0.4, -0.2) is 12.5 Å². The first-order valence-corrected chi connectivity index (χ1v) is 7.10.